The van der Waals surface area contributed by atoms with Gasteiger partial charge < -0.3 is 19.3 Å². The van der Waals surface area contributed by atoms with Crippen LogP contribution in [0.25, 0.3) is 27.6 Å². The van der Waals surface area contributed by atoms with Crippen LogP contribution in [0.4, 0.5) is 10.6 Å². The summed E-state index contributed by atoms with van der Waals surface area (Å²) in [5, 5.41) is 0.842. The number of hydrogen-bond acceptors (Lipinski definition) is 7. The Labute approximate surface area is 222 Å². The normalized spacial score (nSPS) is 14.4. The minimum Gasteiger partial charge on any atom is -0.479 e. The van der Waals surface area contributed by atoms with Crippen molar-refractivity contribution in [2.45, 2.75) is 26.4 Å². The Bertz CT molecular complexity index is 1560. The highest BCUT2D eigenvalue weighted by Gasteiger charge is 2.27. The zero-order valence-electron chi connectivity index (χ0n) is 21.5. The van der Waals surface area contributed by atoms with Crippen LogP contribution in [-0.2, 0) is 11.8 Å². The Morgan fingerprint density at radius 3 is 2.49 bits per heavy atom. The number of anilines is 1. The van der Waals surface area contributed by atoms with E-state index in [-0.39, 0.29) is 11.8 Å². The van der Waals surface area contributed by atoms with Gasteiger partial charge in [0.25, 0.3) is 0 Å². The van der Waals surface area contributed by atoms with E-state index in [9.17, 15) is 9.59 Å². The Kier molecular flexibility index (Phi) is 6.35. The van der Waals surface area contributed by atoms with Crippen LogP contribution in [0.3, 0.4) is 0 Å². The van der Waals surface area contributed by atoms with E-state index >= 15 is 0 Å². The smallest absolute Gasteiger partial charge is 0.410 e. The standard InChI is InChI=1S/C26H29BrN6O4/c1-26(2,3)37-25(35)32-12-10-31(11-13-32)21-9-8-19(23(29-21)36-5)33-22-17-14-16(27)6-7-18(17)28-15-20(22)30(4)24(33)34/h6-9,14-15H,10-13H2,1-5H3. The van der Waals surface area contributed by atoms with E-state index in [1.807, 2.05) is 51.1 Å². The highest BCUT2D eigenvalue weighted by molar-refractivity contribution is 9.10. The number of benzene rings is 1. The predicted octanol–water partition coefficient (Wildman–Crippen LogP) is 4.10. The number of imidazole rings is 1. The number of fused-ring (bicyclic) bond motifs is 3. The number of hydrogen-bond donors (Lipinski definition) is 0. The molecule has 11 heteroatoms. The van der Waals surface area contributed by atoms with E-state index in [2.05, 4.69) is 25.8 Å². The second-order valence-corrected chi connectivity index (χ2v) is 10.9. The van der Waals surface area contributed by atoms with Gasteiger partial charge in [0, 0.05) is 43.1 Å². The summed E-state index contributed by atoms with van der Waals surface area (Å²) >= 11 is 3.54. The first-order valence-electron chi connectivity index (χ1n) is 12.0. The lowest BCUT2D eigenvalue weighted by molar-refractivity contribution is 0.0240. The largest absolute Gasteiger partial charge is 0.479 e. The molecule has 1 fully saturated rings. The summed E-state index contributed by atoms with van der Waals surface area (Å²) in [6.07, 6.45) is 1.40. The predicted molar refractivity (Wildman–Crippen MR) is 146 cm³/mol. The molecule has 10 nitrogen and oxygen atoms in total. The van der Waals surface area contributed by atoms with Crippen LogP contribution in [0.15, 0.2) is 45.8 Å². The van der Waals surface area contributed by atoms with Crippen molar-refractivity contribution < 1.29 is 14.3 Å². The van der Waals surface area contributed by atoms with E-state index in [1.165, 1.54) is 0 Å². The quantitative estimate of drug-likeness (QED) is 0.367. The molecule has 1 aromatic carbocycles. The molecule has 1 amide bonds. The van der Waals surface area contributed by atoms with E-state index in [0.717, 1.165) is 20.9 Å². The number of rotatable bonds is 3. The fraction of sp³-hybridized carbons (Fsp3) is 0.385. The number of piperazine rings is 1. The van der Waals surface area contributed by atoms with Crippen LogP contribution in [0, 0.1) is 0 Å². The van der Waals surface area contributed by atoms with Gasteiger partial charge in [-0.3, -0.25) is 14.1 Å². The molecule has 0 saturated carbocycles. The molecule has 0 radical (unpaired) electrons. The Balaban J connectivity index is 1.50. The maximum absolute atomic E-state index is 13.4. The number of carbonyl (C=O) groups excluding carboxylic acids is 1. The number of pyridine rings is 2. The molecule has 4 aromatic rings. The zero-order chi connectivity index (χ0) is 26.5. The summed E-state index contributed by atoms with van der Waals surface area (Å²) < 4.78 is 15.3. The fourth-order valence-corrected chi connectivity index (χ4v) is 4.92. The number of aromatic nitrogens is 4. The van der Waals surface area contributed by atoms with Crippen molar-refractivity contribution in [3.05, 3.63) is 51.5 Å². The number of ether oxygens (including phenoxy) is 2. The molecule has 0 bridgehead atoms. The van der Waals surface area contributed by atoms with Crippen LogP contribution < -0.4 is 15.3 Å². The monoisotopic (exact) mass is 568 g/mol. The molecule has 0 atom stereocenters. The van der Waals surface area contributed by atoms with Gasteiger partial charge in [0.1, 0.15) is 17.1 Å². The van der Waals surface area contributed by atoms with Gasteiger partial charge in [0.05, 0.1) is 29.9 Å². The van der Waals surface area contributed by atoms with Gasteiger partial charge >= 0.3 is 11.8 Å². The first-order chi connectivity index (χ1) is 17.6. The Hall–Kier alpha value is -3.60. The summed E-state index contributed by atoms with van der Waals surface area (Å²) in [4.78, 5) is 38.9. The highest BCUT2D eigenvalue weighted by Crippen LogP contribution is 2.31. The molecule has 1 aliphatic rings. The molecule has 3 aromatic heterocycles. The Morgan fingerprint density at radius 1 is 1.08 bits per heavy atom. The van der Waals surface area contributed by atoms with Gasteiger partial charge in [-0.2, -0.15) is 4.98 Å². The summed E-state index contributed by atoms with van der Waals surface area (Å²) in [6.45, 7) is 7.84. The van der Waals surface area contributed by atoms with Crippen LogP contribution in [-0.4, -0.2) is 69.0 Å². The fourth-order valence-electron chi connectivity index (χ4n) is 4.56. The highest BCUT2D eigenvalue weighted by atomic mass is 79.9. The molecule has 5 rings (SSSR count). The van der Waals surface area contributed by atoms with Crippen molar-refractivity contribution >= 4 is 49.8 Å². The molecule has 194 valence electrons. The van der Waals surface area contributed by atoms with E-state index in [1.54, 1.807) is 34.4 Å². The van der Waals surface area contributed by atoms with Crippen molar-refractivity contribution in [3.8, 4) is 11.6 Å². The van der Waals surface area contributed by atoms with E-state index < -0.39 is 5.60 Å². The summed E-state index contributed by atoms with van der Waals surface area (Å²) in [5.41, 5.74) is 2.01. The molecule has 4 heterocycles. The molecule has 1 aliphatic heterocycles. The second-order valence-electron chi connectivity index (χ2n) is 9.98. The topological polar surface area (TPSA) is 94.7 Å². The summed E-state index contributed by atoms with van der Waals surface area (Å²) in [7, 11) is 3.27. The van der Waals surface area contributed by atoms with E-state index in [0.29, 0.717) is 49.1 Å². The number of nitrogens with zero attached hydrogens (tertiary/aromatic N) is 6. The lowest BCUT2D eigenvalue weighted by Gasteiger charge is -2.36. The van der Waals surface area contributed by atoms with E-state index in [4.69, 9.17) is 14.5 Å². The number of amides is 1. The molecule has 0 spiro atoms. The number of aryl methyl sites for hydroxylation is 1. The van der Waals surface area contributed by atoms with Crippen molar-refractivity contribution in [3.63, 3.8) is 0 Å². The van der Waals surface area contributed by atoms with Crippen LogP contribution in [0.5, 0.6) is 5.88 Å². The molecule has 1 saturated heterocycles. The maximum Gasteiger partial charge on any atom is 0.410 e. The van der Waals surface area contributed by atoms with Crippen molar-refractivity contribution in [2.75, 3.05) is 38.2 Å². The summed E-state index contributed by atoms with van der Waals surface area (Å²) in [5.74, 6) is 1.05. The molecule has 0 N–H and O–H groups in total. The lowest BCUT2D eigenvalue weighted by Crippen LogP contribution is -2.50. The van der Waals surface area contributed by atoms with Crippen LogP contribution in [0.1, 0.15) is 20.8 Å². The van der Waals surface area contributed by atoms with Gasteiger partial charge in [0.15, 0.2) is 0 Å². The number of methoxy groups -OCH3 is 1. The first-order valence-corrected chi connectivity index (χ1v) is 12.8. The van der Waals surface area contributed by atoms with Gasteiger partial charge in [-0.1, -0.05) is 15.9 Å². The van der Waals surface area contributed by atoms with Crippen molar-refractivity contribution in [1.29, 1.82) is 0 Å². The zero-order valence-corrected chi connectivity index (χ0v) is 23.1. The molecule has 37 heavy (non-hydrogen) atoms. The SMILES string of the molecule is COc1nc(N2CCN(C(=O)OC(C)(C)C)CC2)ccc1-n1c(=O)n(C)c2cnc3ccc(Br)cc3c21. The van der Waals surface area contributed by atoms with Crippen molar-refractivity contribution in [2.24, 2.45) is 7.05 Å². The minimum atomic E-state index is -0.532. The number of halogens is 1. The lowest BCUT2D eigenvalue weighted by atomic mass is 10.2. The average molecular weight is 569 g/mol. The second kappa shape index (κ2) is 9.37. The van der Waals surface area contributed by atoms with Gasteiger partial charge in [-0.25, -0.2) is 9.59 Å². The molecule has 0 aliphatic carbocycles. The summed E-state index contributed by atoms with van der Waals surface area (Å²) in [6, 6.07) is 9.53. The van der Waals surface area contributed by atoms with Gasteiger partial charge in [0.2, 0.25) is 5.88 Å². The minimum absolute atomic E-state index is 0.219. The average Bonchev–Trinajstić information content (AvgIpc) is 3.12. The Morgan fingerprint density at radius 2 is 1.81 bits per heavy atom. The number of carbonyl (C=O) groups is 1. The third kappa shape index (κ3) is 4.63. The first kappa shape index (κ1) is 25.1. The molecule has 0 unspecified atom stereocenters. The maximum atomic E-state index is 13.4. The van der Waals surface area contributed by atoms with Gasteiger partial charge in [-0.15, -0.1) is 0 Å². The molecular weight excluding hydrogens is 540 g/mol. The third-order valence-corrected chi connectivity index (χ3v) is 6.85. The van der Waals surface area contributed by atoms with Crippen LogP contribution in [0.2, 0.25) is 0 Å². The van der Waals surface area contributed by atoms with Crippen molar-refractivity contribution in [1.82, 2.24) is 24.0 Å². The third-order valence-electron chi connectivity index (χ3n) is 6.36. The van der Waals surface area contributed by atoms with Gasteiger partial charge in [-0.05, 0) is 51.1 Å². The van der Waals surface area contributed by atoms with Crippen LogP contribution >= 0.6 is 15.9 Å². The molecular formula is C26H29BrN6O4.